The van der Waals surface area contributed by atoms with Crippen molar-refractivity contribution in [3.8, 4) is 11.5 Å². The lowest BCUT2D eigenvalue weighted by atomic mass is 9.93. The van der Waals surface area contributed by atoms with Crippen molar-refractivity contribution in [2.75, 3.05) is 13.7 Å². The molecule has 0 bridgehead atoms. The molecule has 118 valence electrons. The minimum Gasteiger partial charge on any atom is -0.497 e. The monoisotopic (exact) mass is 304 g/mol. The number of benzene rings is 1. The average Bonchev–Trinajstić information content (AvgIpc) is 3.25. The Morgan fingerprint density at radius 3 is 2.95 bits per heavy atom. The zero-order chi connectivity index (χ0) is 15.7. The van der Waals surface area contributed by atoms with Gasteiger partial charge in [-0.3, -0.25) is 9.59 Å². The van der Waals surface area contributed by atoms with E-state index in [0.717, 1.165) is 12.0 Å². The van der Waals surface area contributed by atoms with Crippen LogP contribution in [0.3, 0.4) is 0 Å². The second kappa shape index (κ2) is 5.87. The number of methoxy groups -OCH3 is 1. The van der Waals surface area contributed by atoms with Crippen molar-refractivity contribution < 1.29 is 19.2 Å². The van der Waals surface area contributed by atoms with Gasteiger partial charge in [0.15, 0.2) is 5.75 Å². The van der Waals surface area contributed by atoms with Gasteiger partial charge in [0.25, 0.3) is 5.91 Å². The molecule has 3 unspecified atom stereocenters. The SMILES string of the molecule is COc1ccc2c(c1)C(CCNC(=O)C1CC1C)C(=O)NO2. The highest BCUT2D eigenvalue weighted by Gasteiger charge is 2.39. The zero-order valence-corrected chi connectivity index (χ0v) is 12.7. The average molecular weight is 304 g/mol. The van der Waals surface area contributed by atoms with Gasteiger partial charge in [-0.15, -0.1) is 0 Å². The number of hydroxylamine groups is 1. The molecule has 22 heavy (non-hydrogen) atoms. The molecule has 1 aliphatic heterocycles. The van der Waals surface area contributed by atoms with Crippen LogP contribution in [0, 0.1) is 11.8 Å². The van der Waals surface area contributed by atoms with E-state index in [-0.39, 0.29) is 23.7 Å². The van der Waals surface area contributed by atoms with Crippen molar-refractivity contribution >= 4 is 11.8 Å². The molecule has 1 saturated carbocycles. The molecular weight excluding hydrogens is 284 g/mol. The number of ether oxygens (including phenoxy) is 1. The summed E-state index contributed by atoms with van der Waals surface area (Å²) in [5.41, 5.74) is 3.20. The fourth-order valence-electron chi connectivity index (χ4n) is 2.78. The summed E-state index contributed by atoms with van der Waals surface area (Å²) in [7, 11) is 1.58. The van der Waals surface area contributed by atoms with E-state index >= 15 is 0 Å². The number of fused-ring (bicyclic) bond motifs is 1. The lowest BCUT2D eigenvalue weighted by Gasteiger charge is -2.25. The first kappa shape index (κ1) is 14.7. The Hall–Kier alpha value is -2.24. The van der Waals surface area contributed by atoms with Crippen molar-refractivity contribution in [3.05, 3.63) is 23.8 Å². The molecule has 1 aromatic carbocycles. The molecule has 2 N–H and O–H groups in total. The molecular formula is C16H20N2O4. The molecule has 1 fully saturated rings. The largest absolute Gasteiger partial charge is 0.497 e. The van der Waals surface area contributed by atoms with E-state index in [1.54, 1.807) is 19.2 Å². The first-order valence-corrected chi connectivity index (χ1v) is 7.52. The molecule has 0 spiro atoms. The van der Waals surface area contributed by atoms with Crippen LogP contribution in [0.2, 0.25) is 0 Å². The van der Waals surface area contributed by atoms with Crippen molar-refractivity contribution in [2.45, 2.75) is 25.7 Å². The smallest absolute Gasteiger partial charge is 0.260 e. The minimum absolute atomic E-state index is 0.0887. The third kappa shape index (κ3) is 2.86. The summed E-state index contributed by atoms with van der Waals surface area (Å²) >= 11 is 0. The molecule has 0 saturated heterocycles. The Labute approximate surface area is 129 Å². The van der Waals surface area contributed by atoms with Gasteiger partial charge in [-0.2, -0.15) is 5.48 Å². The summed E-state index contributed by atoms with van der Waals surface area (Å²) < 4.78 is 5.20. The van der Waals surface area contributed by atoms with E-state index < -0.39 is 0 Å². The van der Waals surface area contributed by atoms with Gasteiger partial charge in [0, 0.05) is 18.0 Å². The van der Waals surface area contributed by atoms with E-state index in [2.05, 4.69) is 17.7 Å². The van der Waals surface area contributed by atoms with Gasteiger partial charge in [-0.1, -0.05) is 6.92 Å². The van der Waals surface area contributed by atoms with Crippen molar-refractivity contribution in [1.29, 1.82) is 0 Å². The summed E-state index contributed by atoms with van der Waals surface area (Å²) in [4.78, 5) is 29.1. The highest BCUT2D eigenvalue weighted by Crippen LogP contribution is 2.38. The van der Waals surface area contributed by atoms with Gasteiger partial charge in [-0.05, 0) is 37.0 Å². The Morgan fingerprint density at radius 1 is 1.50 bits per heavy atom. The summed E-state index contributed by atoms with van der Waals surface area (Å²) in [5, 5.41) is 2.91. The van der Waals surface area contributed by atoms with Gasteiger partial charge in [0.2, 0.25) is 5.91 Å². The molecule has 0 radical (unpaired) electrons. The predicted molar refractivity (Wildman–Crippen MR) is 79.4 cm³/mol. The topological polar surface area (TPSA) is 76.7 Å². The van der Waals surface area contributed by atoms with Crippen LogP contribution in [0.4, 0.5) is 0 Å². The van der Waals surface area contributed by atoms with Crippen LogP contribution in [0.15, 0.2) is 18.2 Å². The molecule has 3 atom stereocenters. The summed E-state index contributed by atoms with van der Waals surface area (Å²) in [6, 6.07) is 5.36. The first-order chi connectivity index (χ1) is 10.6. The van der Waals surface area contributed by atoms with Gasteiger partial charge < -0.3 is 14.9 Å². The number of carbonyl (C=O) groups excluding carboxylic acids is 2. The Balaban J connectivity index is 1.65. The molecule has 1 aromatic rings. The summed E-state index contributed by atoms with van der Waals surface area (Å²) in [6.07, 6.45) is 1.49. The lowest BCUT2D eigenvalue weighted by molar-refractivity contribution is -0.131. The van der Waals surface area contributed by atoms with Crippen LogP contribution in [-0.2, 0) is 9.59 Å². The summed E-state index contributed by atoms with van der Waals surface area (Å²) in [6.45, 7) is 2.54. The van der Waals surface area contributed by atoms with E-state index in [4.69, 9.17) is 9.57 Å². The molecule has 1 heterocycles. The maximum absolute atomic E-state index is 12.0. The molecule has 3 rings (SSSR count). The maximum Gasteiger partial charge on any atom is 0.260 e. The third-order valence-electron chi connectivity index (χ3n) is 4.35. The molecule has 2 aliphatic rings. The number of amides is 2. The maximum atomic E-state index is 12.0. The second-order valence-corrected chi connectivity index (χ2v) is 5.92. The number of nitrogens with one attached hydrogen (secondary N) is 2. The Morgan fingerprint density at radius 2 is 2.27 bits per heavy atom. The number of hydrogen-bond donors (Lipinski definition) is 2. The normalized spacial score (nSPS) is 25.5. The molecule has 2 amide bonds. The van der Waals surface area contributed by atoms with Gasteiger partial charge in [0.05, 0.1) is 13.0 Å². The third-order valence-corrected chi connectivity index (χ3v) is 4.35. The Kier molecular flexibility index (Phi) is 3.92. The quantitative estimate of drug-likeness (QED) is 0.861. The van der Waals surface area contributed by atoms with Crippen LogP contribution in [-0.4, -0.2) is 25.5 Å². The minimum atomic E-state index is -0.351. The van der Waals surface area contributed by atoms with Crippen LogP contribution < -0.4 is 20.4 Å². The highest BCUT2D eigenvalue weighted by molar-refractivity contribution is 5.85. The van der Waals surface area contributed by atoms with Gasteiger partial charge in [-0.25, -0.2) is 0 Å². The Bertz CT molecular complexity index is 602. The van der Waals surface area contributed by atoms with Crippen LogP contribution in [0.1, 0.15) is 31.2 Å². The number of hydrogen-bond acceptors (Lipinski definition) is 4. The van der Waals surface area contributed by atoms with E-state index in [1.165, 1.54) is 0 Å². The zero-order valence-electron chi connectivity index (χ0n) is 12.7. The highest BCUT2D eigenvalue weighted by atomic mass is 16.7. The molecule has 6 heteroatoms. The van der Waals surface area contributed by atoms with Crippen LogP contribution >= 0.6 is 0 Å². The fraction of sp³-hybridized carbons (Fsp3) is 0.500. The lowest BCUT2D eigenvalue weighted by Crippen LogP contribution is -2.38. The summed E-state index contributed by atoms with van der Waals surface area (Å²) in [5.74, 6) is 1.47. The van der Waals surface area contributed by atoms with Crippen LogP contribution in [0.25, 0.3) is 0 Å². The van der Waals surface area contributed by atoms with Crippen molar-refractivity contribution in [2.24, 2.45) is 11.8 Å². The second-order valence-electron chi connectivity index (χ2n) is 5.92. The van der Waals surface area contributed by atoms with Crippen molar-refractivity contribution in [3.63, 3.8) is 0 Å². The molecule has 6 nitrogen and oxygen atoms in total. The fourth-order valence-corrected chi connectivity index (χ4v) is 2.78. The van der Waals surface area contributed by atoms with Crippen LogP contribution in [0.5, 0.6) is 11.5 Å². The first-order valence-electron chi connectivity index (χ1n) is 7.52. The van der Waals surface area contributed by atoms with E-state index in [1.807, 2.05) is 6.07 Å². The molecule has 0 aromatic heterocycles. The van der Waals surface area contributed by atoms with Crippen molar-refractivity contribution in [1.82, 2.24) is 10.8 Å². The standard InChI is InChI=1S/C16H20N2O4/c1-9-7-12(9)15(19)17-6-5-11-13-8-10(21-2)3-4-14(13)22-18-16(11)20/h3-4,8-9,11-12H,5-7H2,1-2H3,(H,17,19)(H,18,20). The number of carbonyl (C=O) groups is 2. The number of rotatable bonds is 5. The van der Waals surface area contributed by atoms with E-state index in [9.17, 15) is 9.59 Å². The predicted octanol–water partition coefficient (Wildman–Crippen LogP) is 1.36. The van der Waals surface area contributed by atoms with Gasteiger partial charge in [0.1, 0.15) is 5.75 Å². The van der Waals surface area contributed by atoms with Gasteiger partial charge >= 0.3 is 0 Å². The molecule has 1 aliphatic carbocycles. The van der Waals surface area contributed by atoms with E-state index in [0.29, 0.717) is 30.4 Å².